The van der Waals surface area contributed by atoms with Crippen LogP contribution in [-0.4, -0.2) is 46.4 Å². The molecule has 0 bridgehead atoms. The number of imide groups is 1. The molecule has 7 nitrogen and oxygen atoms in total. The largest absolute Gasteiger partial charge is 0.392 e. The predicted molar refractivity (Wildman–Crippen MR) is 99.0 cm³/mol. The zero-order valence-corrected chi connectivity index (χ0v) is 15.9. The minimum absolute atomic E-state index is 0.322. The van der Waals surface area contributed by atoms with Crippen LogP contribution in [0.4, 0.5) is 5.69 Å². The standard InChI is InChI=1S/C19H22ClN3O4/c1-3-4-7-23-16(25)13-14(17(23)26)19(22-15(13)9(2)24)11-8-10(20)5-6-12(11)21-18(19)27/h5-6,8-9,13-15,22,24H,3-4,7H2,1-2H3,(H,21,27)/t9-,13-,14-,15-,19-/m0/s1. The van der Waals surface area contributed by atoms with Crippen molar-refractivity contribution in [3.05, 3.63) is 28.8 Å². The van der Waals surface area contributed by atoms with E-state index < -0.39 is 35.4 Å². The molecule has 1 aromatic rings. The molecule has 0 aromatic heterocycles. The quantitative estimate of drug-likeness (QED) is 0.671. The second-order valence-corrected chi connectivity index (χ2v) is 7.98. The van der Waals surface area contributed by atoms with Crippen LogP contribution in [-0.2, 0) is 19.9 Å². The van der Waals surface area contributed by atoms with Gasteiger partial charge in [-0.25, -0.2) is 0 Å². The van der Waals surface area contributed by atoms with Gasteiger partial charge >= 0.3 is 0 Å². The van der Waals surface area contributed by atoms with Crippen molar-refractivity contribution in [1.82, 2.24) is 10.2 Å². The lowest BCUT2D eigenvalue weighted by Gasteiger charge is -2.30. The molecule has 3 N–H and O–H groups in total. The third-order valence-electron chi connectivity index (χ3n) is 5.96. The molecule has 27 heavy (non-hydrogen) atoms. The number of rotatable bonds is 4. The number of fused-ring (bicyclic) bond motifs is 4. The highest BCUT2D eigenvalue weighted by Gasteiger charge is 2.70. The number of aliphatic hydroxyl groups is 1. The zero-order valence-electron chi connectivity index (χ0n) is 15.2. The summed E-state index contributed by atoms with van der Waals surface area (Å²) in [6, 6.07) is 4.30. The van der Waals surface area contributed by atoms with Crippen molar-refractivity contribution in [2.45, 2.75) is 44.4 Å². The van der Waals surface area contributed by atoms with Crippen molar-refractivity contribution in [3.8, 4) is 0 Å². The summed E-state index contributed by atoms with van der Waals surface area (Å²) < 4.78 is 0. The second-order valence-electron chi connectivity index (χ2n) is 7.55. The van der Waals surface area contributed by atoms with Crippen molar-refractivity contribution in [1.29, 1.82) is 0 Å². The summed E-state index contributed by atoms with van der Waals surface area (Å²) in [6.45, 7) is 3.87. The molecule has 0 unspecified atom stereocenters. The Morgan fingerprint density at radius 3 is 2.70 bits per heavy atom. The zero-order chi connectivity index (χ0) is 19.5. The highest BCUT2D eigenvalue weighted by atomic mass is 35.5. The molecular formula is C19H22ClN3O4. The predicted octanol–water partition coefficient (Wildman–Crippen LogP) is 1.24. The van der Waals surface area contributed by atoms with Crippen LogP contribution in [0.5, 0.6) is 0 Å². The molecular weight excluding hydrogens is 370 g/mol. The van der Waals surface area contributed by atoms with Crippen LogP contribution < -0.4 is 10.6 Å². The first-order valence-corrected chi connectivity index (χ1v) is 9.63. The van der Waals surface area contributed by atoms with E-state index in [1.807, 2.05) is 6.92 Å². The number of carbonyl (C=O) groups is 3. The Balaban J connectivity index is 1.86. The van der Waals surface area contributed by atoms with Gasteiger partial charge < -0.3 is 10.4 Å². The SMILES string of the molecule is CCCCN1C(=O)[C@@H]2[C@H]([C@H](C)O)N[C@]3(C(=O)Nc4ccc(Cl)cc43)[C@@H]2C1=O. The fourth-order valence-corrected chi connectivity index (χ4v) is 4.89. The van der Waals surface area contributed by atoms with E-state index in [9.17, 15) is 19.5 Å². The van der Waals surface area contributed by atoms with E-state index in [2.05, 4.69) is 10.6 Å². The number of aliphatic hydroxyl groups excluding tert-OH is 1. The summed E-state index contributed by atoms with van der Waals surface area (Å²) >= 11 is 6.16. The van der Waals surface area contributed by atoms with Crippen molar-refractivity contribution in [3.63, 3.8) is 0 Å². The molecule has 1 spiro atoms. The van der Waals surface area contributed by atoms with Crippen LogP contribution in [0.25, 0.3) is 0 Å². The summed E-state index contributed by atoms with van der Waals surface area (Å²) in [4.78, 5) is 40.6. The Morgan fingerprint density at radius 1 is 1.30 bits per heavy atom. The molecule has 0 radical (unpaired) electrons. The highest BCUT2D eigenvalue weighted by molar-refractivity contribution is 6.31. The smallest absolute Gasteiger partial charge is 0.250 e. The second kappa shape index (κ2) is 6.29. The summed E-state index contributed by atoms with van der Waals surface area (Å²) in [5.74, 6) is -2.77. The maximum Gasteiger partial charge on any atom is 0.250 e. The molecule has 2 fully saturated rings. The van der Waals surface area contributed by atoms with Gasteiger partial charge in [0, 0.05) is 28.9 Å². The van der Waals surface area contributed by atoms with Crippen molar-refractivity contribution >= 4 is 35.0 Å². The normalized spacial score (nSPS) is 32.8. The van der Waals surface area contributed by atoms with E-state index in [4.69, 9.17) is 11.6 Å². The number of benzene rings is 1. The van der Waals surface area contributed by atoms with Crippen molar-refractivity contribution in [2.75, 3.05) is 11.9 Å². The number of amides is 3. The summed E-state index contributed by atoms with van der Waals surface area (Å²) in [6.07, 6.45) is 0.635. The van der Waals surface area contributed by atoms with Gasteiger partial charge in [0.1, 0.15) is 5.54 Å². The van der Waals surface area contributed by atoms with Gasteiger partial charge in [-0.2, -0.15) is 0 Å². The van der Waals surface area contributed by atoms with E-state index in [-0.39, 0.29) is 11.8 Å². The van der Waals surface area contributed by atoms with Gasteiger partial charge in [-0.05, 0) is 31.5 Å². The highest BCUT2D eigenvalue weighted by Crippen LogP contribution is 2.53. The van der Waals surface area contributed by atoms with Gasteiger partial charge in [-0.15, -0.1) is 0 Å². The number of nitrogens with zero attached hydrogens (tertiary/aromatic N) is 1. The van der Waals surface area contributed by atoms with Gasteiger partial charge in [0.15, 0.2) is 0 Å². The first kappa shape index (κ1) is 18.4. The van der Waals surface area contributed by atoms with E-state index in [0.29, 0.717) is 29.2 Å². The van der Waals surface area contributed by atoms with Gasteiger partial charge in [0.25, 0.3) is 0 Å². The third-order valence-corrected chi connectivity index (χ3v) is 6.19. The van der Waals surface area contributed by atoms with Gasteiger partial charge in [0.05, 0.1) is 17.9 Å². The molecule has 1 aromatic carbocycles. The van der Waals surface area contributed by atoms with Crippen molar-refractivity contribution in [2.24, 2.45) is 11.8 Å². The summed E-state index contributed by atoms with van der Waals surface area (Å²) in [5, 5.41) is 16.7. The first-order valence-electron chi connectivity index (χ1n) is 9.25. The van der Waals surface area contributed by atoms with Crippen LogP contribution in [0.15, 0.2) is 18.2 Å². The Bertz CT molecular complexity index is 842. The molecule has 0 aliphatic carbocycles. The molecule has 8 heteroatoms. The Kier molecular flexibility index (Phi) is 4.29. The lowest BCUT2D eigenvalue weighted by Crippen LogP contribution is -2.54. The monoisotopic (exact) mass is 391 g/mol. The maximum absolute atomic E-state index is 13.2. The number of hydrogen-bond acceptors (Lipinski definition) is 5. The van der Waals surface area contributed by atoms with E-state index >= 15 is 0 Å². The number of hydrogen-bond donors (Lipinski definition) is 3. The van der Waals surface area contributed by atoms with E-state index in [1.54, 1.807) is 25.1 Å². The van der Waals surface area contributed by atoms with Crippen LogP contribution in [0, 0.1) is 11.8 Å². The van der Waals surface area contributed by atoms with Crippen molar-refractivity contribution < 1.29 is 19.5 Å². The Labute approximate surface area is 162 Å². The number of anilines is 1. The Hall–Kier alpha value is -1.96. The minimum Gasteiger partial charge on any atom is -0.392 e. The van der Waals surface area contributed by atoms with Crippen LogP contribution in [0.1, 0.15) is 32.3 Å². The maximum atomic E-state index is 13.2. The topological polar surface area (TPSA) is 98.7 Å². The van der Waals surface area contributed by atoms with Crippen LogP contribution >= 0.6 is 11.6 Å². The minimum atomic E-state index is -1.40. The molecule has 4 rings (SSSR count). The van der Waals surface area contributed by atoms with Gasteiger partial charge in [-0.3, -0.25) is 24.6 Å². The molecule has 2 saturated heterocycles. The van der Waals surface area contributed by atoms with E-state index in [0.717, 1.165) is 6.42 Å². The third kappa shape index (κ3) is 2.38. The van der Waals surface area contributed by atoms with Gasteiger partial charge in [0.2, 0.25) is 17.7 Å². The first-order chi connectivity index (χ1) is 12.8. The fraction of sp³-hybridized carbons (Fsp3) is 0.526. The number of unbranched alkanes of at least 4 members (excludes halogenated alkanes) is 1. The Morgan fingerprint density at radius 2 is 2.04 bits per heavy atom. The van der Waals surface area contributed by atoms with E-state index in [1.165, 1.54) is 4.90 Å². The number of nitrogens with one attached hydrogen (secondary N) is 2. The molecule has 3 aliphatic rings. The van der Waals surface area contributed by atoms with Crippen LogP contribution in [0.2, 0.25) is 5.02 Å². The summed E-state index contributed by atoms with van der Waals surface area (Å²) in [7, 11) is 0. The average Bonchev–Trinajstić information content (AvgIpc) is 3.20. The molecule has 0 saturated carbocycles. The molecule has 144 valence electrons. The number of likely N-dealkylation sites (tertiary alicyclic amines) is 1. The molecule has 3 aliphatic heterocycles. The van der Waals surface area contributed by atoms with Crippen LogP contribution in [0.3, 0.4) is 0 Å². The average molecular weight is 392 g/mol. The molecule has 5 atom stereocenters. The fourth-order valence-electron chi connectivity index (χ4n) is 4.71. The lowest BCUT2D eigenvalue weighted by atomic mass is 9.76. The molecule has 3 amide bonds. The molecule has 3 heterocycles. The number of carbonyl (C=O) groups excluding carboxylic acids is 3. The summed E-state index contributed by atoms with van der Waals surface area (Å²) in [5.41, 5.74) is -0.286. The lowest BCUT2D eigenvalue weighted by molar-refractivity contribution is -0.143. The number of halogens is 1. The van der Waals surface area contributed by atoms with Gasteiger partial charge in [-0.1, -0.05) is 24.9 Å².